The van der Waals surface area contributed by atoms with Crippen LogP contribution in [0.5, 0.6) is 0 Å². The summed E-state index contributed by atoms with van der Waals surface area (Å²) in [6, 6.07) is 7.78. The first-order chi connectivity index (χ1) is 25.7. The largest absolute Gasteiger partial charge is 0.418 e. The third-order valence-corrected chi connectivity index (χ3v) is 11.1. The second-order valence-corrected chi connectivity index (χ2v) is 14.7. The van der Waals surface area contributed by atoms with Crippen molar-refractivity contribution in [3.8, 4) is 0 Å². The number of aromatic amines is 1. The van der Waals surface area contributed by atoms with Crippen molar-refractivity contribution in [2.24, 2.45) is 11.8 Å². The fraction of sp³-hybridized carbons (Fsp3) is 0.564. The Morgan fingerprint density at radius 1 is 1.00 bits per heavy atom. The second kappa shape index (κ2) is 17.6. The van der Waals surface area contributed by atoms with Crippen LogP contribution in [-0.2, 0) is 44.6 Å². The minimum absolute atomic E-state index is 0.0205. The average molecular weight is 761 g/mol. The van der Waals surface area contributed by atoms with Gasteiger partial charge < -0.3 is 30.8 Å². The molecule has 1 aromatic heterocycles. The Balaban J connectivity index is 1.47. The second-order valence-electron chi connectivity index (χ2n) is 14.7. The van der Waals surface area contributed by atoms with E-state index in [1.54, 1.807) is 19.1 Å². The number of nitrogens with one attached hydrogen (secondary N) is 5. The van der Waals surface area contributed by atoms with Crippen LogP contribution >= 0.6 is 0 Å². The molecule has 2 aromatic carbocycles. The molecular weight excluding hydrogens is 708 g/mol. The minimum atomic E-state index is -4.63. The van der Waals surface area contributed by atoms with Gasteiger partial charge in [0.05, 0.1) is 43.4 Å². The van der Waals surface area contributed by atoms with Crippen LogP contribution in [-0.4, -0.2) is 89.5 Å². The number of hydrogen-bond donors (Lipinski definition) is 6. The highest BCUT2D eigenvalue weighted by Gasteiger charge is 2.47. The standard InChI is InChI=1S/C39H52F4N6O5/c1-5-23(3)32(35(51)44-22-49-16-18-54-19-17-49)47-37(53)38(15-14-30-27(21-38)26-11-9-12-28(34(26)45-30)39(41,42)43)48-36(52)33(24(4)6-2)46-31(50)20-25-10-7-8-13-29(25)40/h7-13,23-24,32-33,35,44-45,51H,5-6,14-22H2,1-4H3,(H,46,50)(H,47,53)(H,48,52)/t23?,24?,32-,33-,35?,38+/m0/s1. The molecule has 296 valence electrons. The van der Waals surface area contributed by atoms with Crippen molar-refractivity contribution < 1.29 is 41.8 Å². The van der Waals surface area contributed by atoms with Gasteiger partial charge in [-0.25, -0.2) is 4.39 Å². The number of carbonyl (C=O) groups is 3. The van der Waals surface area contributed by atoms with E-state index in [1.165, 1.54) is 24.3 Å². The summed E-state index contributed by atoms with van der Waals surface area (Å²) >= 11 is 0. The van der Waals surface area contributed by atoms with Crippen LogP contribution in [0.15, 0.2) is 42.5 Å². The first kappa shape index (κ1) is 41.1. The SMILES string of the molecule is CCC(C)[C@H](NC(=O)[C@@]1(NC(=O)[C@@H](NC(=O)Cc2ccccc2F)C(C)CC)CCc2[nH]c3c(C(F)(F)F)cccc3c2C1)C(O)NCN1CCOCC1. The summed E-state index contributed by atoms with van der Waals surface area (Å²) in [7, 11) is 0. The summed E-state index contributed by atoms with van der Waals surface area (Å²) in [5.41, 5.74) is -1.46. The number of halogens is 4. The molecule has 1 aliphatic heterocycles. The van der Waals surface area contributed by atoms with Crippen molar-refractivity contribution >= 4 is 28.6 Å². The van der Waals surface area contributed by atoms with Gasteiger partial charge in [0.25, 0.3) is 0 Å². The molecule has 11 nitrogen and oxygen atoms in total. The number of benzene rings is 2. The quantitative estimate of drug-likeness (QED) is 0.101. The molecule has 6 atom stereocenters. The highest BCUT2D eigenvalue weighted by Crippen LogP contribution is 2.40. The summed E-state index contributed by atoms with van der Waals surface area (Å²) in [6.07, 6.45) is -5.05. The maximum absolute atomic E-state index is 14.7. The normalized spacial score (nSPS) is 20.7. The van der Waals surface area contributed by atoms with E-state index in [-0.39, 0.29) is 48.1 Å². The van der Waals surface area contributed by atoms with E-state index in [1.807, 2.05) is 20.8 Å². The van der Waals surface area contributed by atoms with E-state index >= 15 is 0 Å². The number of ether oxygens (including phenoxy) is 1. The van der Waals surface area contributed by atoms with E-state index in [0.717, 1.165) is 6.07 Å². The molecule has 6 N–H and O–H groups in total. The van der Waals surface area contributed by atoms with Gasteiger partial charge in [0, 0.05) is 30.6 Å². The summed E-state index contributed by atoms with van der Waals surface area (Å²) < 4.78 is 62.0. The van der Waals surface area contributed by atoms with Gasteiger partial charge in [-0.3, -0.25) is 24.6 Å². The van der Waals surface area contributed by atoms with E-state index in [9.17, 15) is 37.1 Å². The third-order valence-electron chi connectivity index (χ3n) is 11.1. The number of fused-ring (bicyclic) bond motifs is 3. The lowest BCUT2D eigenvalue weighted by atomic mass is 9.78. The molecule has 2 heterocycles. The molecule has 0 saturated carbocycles. The van der Waals surface area contributed by atoms with Gasteiger partial charge in [-0.05, 0) is 47.9 Å². The molecule has 54 heavy (non-hydrogen) atoms. The topological polar surface area (TPSA) is 148 Å². The number of aromatic nitrogens is 1. The number of amides is 3. The maximum Gasteiger partial charge on any atom is 0.418 e. The van der Waals surface area contributed by atoms with Crippen molar-refractivity contribution in [3.63, 3.8) is 0 Å². The summed E-state index contributed by atoms with van der Waals surface area (Å²) in [5.74, 6) is -3.05. The number of alkyl halides is 3. The highest BCUT2D eigenvalue weighted by atomic mass is 19.4. The van der Waals surface area contributed by atoms with E-state index in [0.29, 0.717) is 57.1 Å². The number of morpholine rings is 1. The molecule has 0 bridgehead atoms. The van der Waals surface area contributed by atoms with Crippen LogP contribution in [0, 0.1) is 17.7 Å². The van der Waals surface area contributed by atoms with E-state index in [2.05, 4.69) is 31.2 Å². The van der Waals surface area contributed by atoms with E-state index in [4.69, 9.17) is 4.74 Å². The molecule has 1 fully saturated rings. The smallest absolute Gasteiger partial charge is 0.379 e. The molecule has 15 heteroatoms. The Hall–Kier alpha value is -4.05. The Morgan fingerprint density at radius 3 is 2.37 bits per heavy atom. The number of H-pyrrole nitrogens is 1. The zero-order chi connectivity index (χ0) is 39.2. The molecule has 1 aliphatic carbocycles. The molecule has 0 radical (unpaired) electrons. The molecule has 3 aromatic rings. The number of para-hydroxylation sites is 1. The number of aliphatic hydroxyl groups is 1. The lowest BCUT2D eigenvalue weighted by molar-refractivity contribution is -0.138. The lowest BCUT2D eigenvalue weighted by Gasteiger charge is -2.41. The molecular formula is C39H52F4N6O5. The van der Waals surface area contributed by atoms with Crippen molar-refractivity contribution in [2.45, 2.75) is 96.2 Å². The van der Waals surface area contributed by atoms with Crippen LogP contribution < -0.4 is 21.3 Å². The van der Waals surface area contributed by atoms with Crippen LogP contribution in [0.2, 0.25) is 0 Å². The predicted octanol–water partition coefficient (Wildman–Crippen LogP) is 4.17. The molecule has 3 amide bonds. The molecule has 3 unspecified atom stereocenters. The van der Waals surface area contributed by atoms with Gasteiger partial charge in [-0.2, -0.15) is 13.2 Å². The fourth-order valence-electron chi connectivity index (χ4n) is 7.30. The zero-order valence-electron chi connectivity index (χ0n) is 31.2. The molecule has 0 spiro atoms. The van der Waals surface area contributed by atoms with Crippen molar-refractivity contribution in [2.75, 3.05) is 33.0 Å². The zero-order valence-corrected chi connectivity index (χ0v) is 31.2. The minimum Gasteiger partial charge on any atom is -0.379 e. The average Bonchev–Trinajstić information content (AvgIpc) is 3.52. The summed E-state index contributed by atoms with van der Waals surface area (Å²) in [4.78, 5) is 47.3. The predicted molar refractivity (Wildman–Crippen MR) is 195 cm³/mol. The Kier molecular flexibility index (Phi) is 13.4. The number of hydrogen-bond acceptors (Lipinski definition) is 7. The van der Waals surface area contributed by atoms with Crippen LogP contribution in [0.1, 0.15) is 69.3 Å². The summed E-state index contributed by atoms with van der Waals surface area (Å²) in [6.45, 7) is 10.2. The van der Waals surface area contributed by atoms with Gasteiger partial charge in [0.2, 0.25) is 17.7 Å². The number of aryl methyl sites for hydroxylation is 1. The van der Waals surface area contributed by atoms with Gasteiger partial charge in [0.1, 0.15) is 23.6 Å². The van der Waals surface area contributed by atoms with Gasteiger partial charge in [0.15, 0.2) is 0 Å². The highest BCUT2D eigenvalue weighted by molar-refractivity contribution is 5.97. The van der Waals surface area contributed by atoms with Gasteiger partial charge in [-0.1, -0.05) is 70.9 Å². The van der Waals surface area contributed by atoms with Gasteiger partial charge in [-0.15, -0.1) is 0 Å². The number of carbonyl (C=O) groups excluding carboxylic acids is 3. The van der Waals surface area contributed by atoms with Crippen LogP contribution in [0.3, 0.4) is 0 Å². The lowest BCUT2D eigenvalue weighted by Crippen LogP contribution is -2.67. The van der Waals surface area contributed by atoms with Crippen molar-refractivity contribution in [3.05, 3.63) is 70.7 Å². The first-order valence-corrected chi connectivity index (χ1v) is 18.7. The monoisotopic (exact) mass is 760 g/mol. The number of aliphatic hydroxyl groups excluding tert-OH is 1. The van der Waals surface area contributed by atoms with Crippen LogP contribution in [0.25, 0.3) is 10.9 Å². The Bertz CT molecular complexity index is 1780. The maximum atomic E-state index is 14.7. The number of rotatable bonds is 15. The fourth-order valence-corrected chi connectivity index (χ4v) is 7.30. The van der Waals surface area contributed by atoms with Crippen molar-refractivity contribution in [1.82, 2.24) is 31.2 Å². The molecule has 2 aliphatic rings. The molecule has 5 rings (SSSR count). The number of nitrogens with zero attached hydrogens (tertiary/aromatic N) is 1. The Morgan fingerprint density at radius 2 is 1.70 bits per heavy atom. The van der Waals surface area contributed by atoms with E-state index < -0.39 is 65.0 Å². The molecule has 1 saturated heterocycles. The first-order valence-electron chi connectivity index (χ1n) is 18.7. The summed E-state index contributed by atoms with van der Waals surface area (Å²) in [5, 5.41) is 23.5. The van der Waals surface area contributed by atoms with Gasteiger partial charge >= 0.3 is 6.18 Å². The van der Waals surface area contributed by atoms with Crippen LogP contribution in [0.4, 0.5) is 17.6 Å². The Labute approximate surface area is 313 Å². The van der Waals surface area contributed by atoms with Crippen molar-refractivity contribution in [1.29, 1.82) is 0 Å². The third kappa shape index (κ3) is 9.42.